The summed E-state index contributed by atoms with van der Waals surface area (Å²) in [6, 6.07) is -0.0459. The molecule has 0 fully saturated rings. The molecule has 0 aromatic rings. The van der Waals surface area contributed by atoms with Crippen LogP contribution in [0.15, 0.2) is 0 Å². The number of hydrogen-bond acceptors (Lipinski definition) is 2. The average Bonchev–Trinajstić information content (AvgIpc) is 2.01. The molecular formula is C9H18F3NO. The summed E-state index contributed by atoms with van der Waals surface area (Å²) in [6.07, 6.45) is -4.17. The first-order valence-electron chi connectivity index (χ1n) is 4.79. The molecule has 0 saturated carbocycles. The fourth-order valence-electron chi connectivity index (χ4n) is 1.23. The first-order chi connectivity index (χ1) is 6.35. The Hall–Kier alpha value is -0.290. The lowest BCUT2D eigenvalue weighted by atomic mass is 10.1. The van der Waals surface area contributed by atoms with Gasteiger partial charge in [0, 0.05) is 18.5 Å². The normalized spacial score (nSPS) is 16.7. The molecular weight excluding hydrogens is 195 g/mol. The standard InChI is InChI=1S/C9H18F3NO/c1-7(13-8(2)6-14)4-3-5-9(10,11)12/h7-8,13-14H,3-6H2,1-2H3. The van der Waals surface area contributed by atoms with Gasteiger partial charge in [0.25, 0.3) is 0 Å². The van der Waals surface area contributed by atoms with E-state index in [2.05, 4.69) is 5.32 Å². The lowest BCUT2D eigenvalue weighted by Crippen LogP contribution is -2.36. The van der Waals surface area contributed by atoms with Gasteiger partial charge in [-0.05, 0) is 26.7 Å². The van der Waals surface area contributed by atoms with Crippen LogP contribution in [0.1, 0.15) is 33.1 Å². The number of alkyl halides is 3. The van der Waals surface area contributed by atoms with Gasteiger partial charge in [-0.15, -0.1) is 0 Å². The molecule has 0 saturated heterocycles. The van der Waals surface area contributed by atoms with Crippen LogP contribution in [-0.2, 0) is 0 Å². The highest BCUT2D eigenvalue weighted by molar-refractivity contribution is 4.67. The van der Waals surface area contributed by atoms with Crippen molar-refractivity contribution in [3.8, 4) is 0 Å². The van der Waals surface area contributed by atoms with Gasteiger partial charge < -0.3 is 10.4 Å². The zero-order chi connectivity index (χ0) is 11.2. The van der Waals surface area contributed by atoms with Crippen LogP contribution in [0.4, 0.5) is 13.2 Å². The van der Waals surface area contributed by atoms with E-state index in [1.54, 1.807) is 6.92 Å². The second-order valence-corrected chi connectivity index (χ2v) is 3.66. The summed E-state index contributed by atoms with van der Waals surface area (Å²) in [7, 11) is 0. The van der Waals surface area contributed by atoms with Gasteiger partial charge in [0.15, 0.2) is 0 Å². The molecule has 0 aromatic heterocycles. The van der Waals surface area contributed by atoms with Gasteiger partial charge in [0.05, 0.1) is 6.61 Å². The zero-order valence-corrected chi connectivity index (χ0v) is 8.56. The van der Waals surface area contributed by atoms with Crippen molar-refractivity contribution in [1.82, 2.24) is 5.32 Å². The first-order valence-corrected chi connectivity index (χ1v) is 4.79. The third-order valence-electron chi connectivity index (χ3n) is 1.94. The molecule has 0 aliphatic rings. The molecule has 0 bridgehead atoms. The minimum Gasteiger partial charge on any atom is -0.395 e. The number of halogens is 3. The first kappa shape index (κ1) is 13.7. The number of rotatable bonds is 6. The summed E-state index contributed by atoms with van der Waals surface area (Å²) in [5, 5.41) is 11.7. The molecule has 2 atom stereocenters. The average molecular weight is 213 g/mol. The molecule has 86 valence electrons. The van der Waals surface area contributed by atoms with Gasteiger partial charge in [-0.25, -0.2) is 0 Å². The van der Waals surface area contributed by atoms with Crippen LogP contribution < -0.4 is 5.32 Å². The molecule has 0 radical (unpaired) electrons. The van der Waals surface area contributed by atoms with E-state index in [9.17, 15) is 13.2 Å². The van der Waals surface area contributed by atoms with Crippen LogP contribution >= 0.6 is 0 Å². The Morgan fingerprint density at radius 3 is 2.21 bits per heavy atom. The van der Waals surface area contributed by atoms with E-state index in [0.717, 1.165) is 0 Å². The number of hydrogen-bond donors (Lipinski definition) is 2. The summed E-state index contributed by atoms with van der Waals surface area (Å²) in [6.45, 7) is 3.62. The smallest absolute Gasteiger partial charge is 0.389 e. The summed E-state index contributed by atoms with van der Waals surface area (Å²) in [5.74, 6) is 0. The van der Waals surface area contributed by atoms with E-state index in [4.69, 9.17) is 5.11 Å². The van der Waals surface area contributed by atoms with Crippen molar-refractivity contribution in [2.24, 2.45) is 0 Å². The fraction of sp³-hybridized carbons (Fsp3) is 1.00. The number of aliphatic hydroxyl groups is 1. The van der Waals surface area contributed by atoms with Crippen molar-refractivity contribution in [3.05, 3.63) is 0 Å². The monoisotopic (exact) mass is 213 g/mol. The molecule has 2 nitrogen and oxygen atoms in total. The Labute approximate surface area is 82.5 Å². The Morgan fingerprint density at radius 2 is 1.79 bits per heavy atom. The maximum Gasteiger partial charge on any atom is 0.389 e. The van der Waals surface area contributed by atoms with Crippen molar-refractivity contribution < 1.29 is 18.3 Å². The second-order valence-electron chi connectivity index (χ2n) is 3.66. The van der Waals surface area contributed by atoms with E-state index < -0.39 is 12.6 Å². The van der Waals surface area contributed by atoms with Crippen molar-refractivity contribution >= 4 is 0 Å². The second kappa shape index (κ2) is 6.24. The quantitative estimate of drug-likeness (QED) is 0.708. The predicted octanol–water partition coefficient (Wildman–Crippen LogP) is 2.08. The molecule has 0 aromatic carbocycles. The van der Waals surface area contributed by atoms with E-state index in [1.807, 2.05) is 6.92 Å². The summed E-state index contributed by atoms with van der Waals surface area (Å²) >= 11 is 0. The maximum atomic E-state index is 11.8. The SMILES string of the molecule is CC(CO)NC(C)CCCC(F)(F)F. The highest BCUT2D eigenvalue weighted by Crippen LogP contribution is 2.22. The number of nitrogens with one attached hydrogen (secondary N) is 1. The van der Waals surface area contributed by atoms with Crippen molar-refractivity contribution in [2.75, 3.05) is 6.61 Å². The third-order valence-corrected chi connectivity index (χ3v) is 1.94. The van der Waals surface area contributed by atoms with Gasteiger partial charge >= 0.3 is 6.18 Å². The lowest BCUT2D eigenvalue weighted by molar-refractivity contribution is -0.135. The maximum absolute atomic E-state index is 11.8. The lowest BCUT2D eigenvalue weighted by Gasteiger charge is -2.18. The molecule has 0 amide bonds. The van der Waals surface area contributed by atoms with Crippen LogP contribution in [0.25, 0.3) is 0 Å². The van der Waals surface area contributed by atoms with E-state index in [-0.39, 0.29) is 25.1 Å². The van der Waals surface area contributed by atoms with Gasteiger partial charge in [-0.2, -0.15) is 13.2 Å². The Bertz CT molecular complexity index is 149. The van der Waals surface area contributed by atoms with E-state index in [0.29, 0.717) is 6.42 Å². The molecule has 0 aliphatic carbocycles. The van der Waals surface area contributed by atoms with Crippen LogP contribution in [0, 0.1) is 0 Å². The molecule has 0 heterocycles. The summed E-state index contributed by atoms with van der Waals surface area (Å²) < 4.78 is 35.3. The van der Waals surface area contributed by atoms with E-state index in [1.165, 1.54) is 0 Å². The molecule has 14 heavy (non-hydrogen) atoms. The third kappa shape index (κ3) is 8.31. The minimum absolute atomic E-state index is 0.00358. The van der Waals surface area contributed by atoms with Crippen molar-refractivity contribution in [1.29, 1.82) is 0 Å². The Morgan fingerprint density at radius 1 is 1.21 bits per heavy atom. The van der Waals surface area contributed by atoms with Crippen LogP contribution in [0.2, 0.25) is 0 Å². The topological polar surface area (TPSA) is 32.3 Å². The fourth-order valence-corrected chi connectivity index (χ4v) is 1.23. The van der Waals surface area contributed by atoms with Crippen molar-refractivity contribution in [2.45, 2.75) is 51.4 Å². The highest BCUT2D eigenvalue weighted by Gasteiger charge is 2.26. The van der Waals surface area contributed by atoms with Gasteiger partial charge in [-0.1, -0.05) is 0 Å². The molecule has 0 rings (SSSR count). The van der Waals surface area contributed by atoms with E-state index >= 15 is 0 Å². The molecule has 2 unspecified atom stereocenters. The summed E-state index contributed by atoms with van der Waals surface area (Å²) in [4.78, 5) is 0. The molecule has 2 N–H and O–H groups in total. The van der Waals surface area contributed by atoms with Crippen molar-refractivity contribution in [3.63, 3.8) is 0 Å². The Balaban J connectivity index is 3.49. The van der Waals surface area contributed by atoms with Crippen LogP contribution in [0.3, 0.4) is 0 Å². The highest BCUT2D eigenvalue weighted by atomic mass is 19.4. The zero-order valence-electron chi connectivity index (χ0n) is 8.56. The van der Waals surface area contributed by atoms with Gasteiger partial charge in [0.2, 0.25) is 0 Å². The van der Waals surface area contributed by atoms with Crippen LogP contribution in [0.5, 0.6) is 0 Å². The largest absolute Gasteiger partial charge is 0.395 e. The Kier molecular flexibility index (Phi) is 6.11. The summed E-state index contributed by atoms with van der Waals surface area (Å²) in [5.41, 5.74) is 0. The minimum atomic E-state index is -4.05. The van der Waals surface area contributed by atoms with Gasteiger partial charge in [0.1, 0.15) is 0 Å². The molecule has 5 heteroatoms. The van der Waals surface area contributed by atoms with Gasteiger partial charge in [-0.3, -0.25) is 0 Å². The molecule has 0 aliphatic heterocycles. The molecule has 0 spiro atoms. The van der Waals surface area contributed by atoms with Crippen LogP contribution in [-0.4, -0.2) is 30.0 Å². The number of aliphatic hydroxyl groups excluding tert-OH is 1. The predicted molar refractivity (Wildman–Crippen MR) is 49.1 cm³/mol.